The third-order valence-electron chi connectivity index (χ3n) is 4.11. The number of rotatable bonds is 2. The van der Waals surface area contributed by atoms with Gasteiger partial charge in [-0.25, -0.2) is 0 Å². The molecule has 84 valence electrons. The number of carbonyl (C=O) groups excluding carboxylic acids is 1. The first-order chi connectivity index (χ1) is 7.04. The van der Waals surface area contributed by atoms with Crippen molar-refractivity contribution in [2.45, 2.75) is 42.9 Å². The Morgan fingerprint density at radius 2 is 2.20 bits per heavy atom. The summed E-state index contributed by atoms with van der Waals surface area (Å²) in [6, 6.07) is 0. The standard InChI is InChI=1S/C12H16Cl2O/c1-2-5-9-6-3-4-7-11(9)8-10(15)12(11,13)14/h2,9H,1,3-8H2. The van der Waals surface area contributed by atoms with E-state index >= 15 is 0 Å². The Morgan fingerprint density at radius 1 is 1.47 bits per heavy atom. The summed E-state index contributed by atoms with van der Waals surface area (Å²) in [7, 11) is 0. The van der Waals surface area contributed by atoms with Crippen molar-refractivity contribution in [3.63, 3.8) is 0 Å². The number of allylic oxidation sites excluding steroid dienone is 1. The van der Waals surface area contributed by atoms with E-state index in [1.54, 1.807) is 0 Å². The van der Waals surface area contributed by atoms with Crippen LogP contribution in [0.1, 0.15) is 38.5 Å². The van der Waals surface area contributed by atoms with E-state index in [2.05, 4.69) is 6.58 Å². The molecule has 1 nitrogen and oxygen atoms in total. The van der Waals surface area contributed by atoms with E-state index in [0.717, 1.165) is 25.7 Å². The topological polar surface area (TPSA) is 17.1 Å². The maximum atomic E-state index is 11.5. The Kier molecular flexibility index (Phi) is 2.89. The van der Waals surface area contributed by atoms with Gasteiger partial charge in [0.05, 0.1) is 0 Å². The molecule has 0 radical (unpaired) electrons. The monoisotopic (exact) mass is 246 g/mol. The minimum absolute atomic E-state index is 0.00166. The number of hydrogen-bond acceptors (Lipinski definition) is 1. The van der Waals surface area contributed by atoms with Crippen LogP contribution in [0.4, 0.5) is 0 Å². The summed E-state index contributed by atoms with van der Waals surface area (Å²) in [5.41, 5.74) is -0.153. The van der Waals surface area contributed by atoms with Crippen LogP contribution in [0.25, 0.3) is 0 Å². The number of Topliss-reactive ketones (excluding diaryl/α,β-unsaturated/α-hetero) is 1. The van der Waals surface area contributed by atoms with Crippen molar-refractivity contribution in [2.75, 3.05) is 0 Å². The largest absolute Gasteiger partial charge is 0.296 e. The molecule has 2 aliphatic carbocycles. The van der Waals surface area contributed by atoms with Crippen molar-refractivity contribution < 1.29 is 4.79 Å². The first kappa shape index (κ1) is 11.5. The summed E-state index contributed by atoms with van der Waals surface area (Å²) in [5.74, 6) is 0.443. The van der Waals surface area contributed by atoms with Crippen molar-refractivity contribution in [1.82, 2.24) is 0 Å². The average Bonchev–Trinajstić information content (AvgIpc) is 2.21. The van der Waals surface area contributed by atoms with Crippen molar-refractivity contribution in [2.24, 2.45) is 11.3 Å². The van der Waals surface area contributed by atoms with Gasteiger partial charge in [0.15, 0.2) is 10.1 Å². The van der Waals surface area contributed by atoms with Gasteiger partial charge in [-0.15, -0.1) is 6.58 Å². The fourth-order valence-corrected chi connectivity index (χ4v) is 3.95. The molecule has 0 N–H and O–H groups in total. The lowest BCUT2D eigenvalue weighted by Crippen LogP contribution is -2.62. The van der Waals surface area contributed by atoms with E-state index in [9.17, 15) is 4.79 Å². The second-order valence-corrected chi connectivity index (χ2v) is 6.12. The molecule has 2 aliphatic rings. The molecular weight excluding hydrogens is 231 g/mol. The first-order valence-corrected chi connectivity index (χ1v) is 6.32. The lowest BCUT2D eigenvalue weighted by Gasteiger charge is -2.57. The Bertz CT molecular complexity index is 298. The molecule has 15 heavy (non-hydrogen) atoms. The molecule has 2 atom stereocenters. The third kappa shape index (κ3) is 1.47. The zero-order valence-electron chi connectivity index (χ0n) is 8.77. The van der Waals surface area contributed by atoms with Crippen molar-refractivity contribution in [3.05, 3.63) is 12.7 Å². The second-order valence-electron chi connectivity index (χ2n) is 4.80. The average molecular weight is 247 g/mol. The van der Waals surface area contributed by atoms with Crippen LogP contribution in [0.5, 0.6) is 0 Å². The summed E-state index contributed by atoms with van der Waals surface area (Å²) < 4.78 is -1.12. The molecule has 0 aromatic heterocycles. The van der Waals surface area contributed by atoms with Crippen LogP contribution in [-0.4, -0.2) is 10.1 Å². The molecule has 0 aromatic carbocycles. The van der Waals surface area contributed by atoms with E-state index in [-0.39, 0.29) is 11.2 Å². The zero-order chi connectivity index (χ0) is 11.1. The quantitative estimate of drug-likeness (QED) is 0.534. The molecule has 0 aliphatic heterocycles. The summed E-state index contributed by atoms with van der Waals surface area (Å²) in [6.07, 6.45) is 7.89. The van der Waals surface area contributed by atoms with Crippen LogP contribution in [0.15, 0.2) is 12.7 Å². The molecule has 0 heterocycles. The van der Waals surface area contributed by atoms with Gasteiger partial charge in [0.1, 0.15) is 0 Å². The van der Waals surface area contributed by atoms with Gasteiger partial charge in [-0.2, -0.15) is 0 Å². The molecule has 0 saturated heterocycles. The van der Waals surface area contributed by atoms with Crippen LogP contribution >= 0.6 is 23.2 Å². The van der Waals surface area contributed by atoms with Crippen LogP contribution in [0.3, 0.4) is 0 Å². The Labute approximate surface area is 101 Å². The molecule has 2 unspecified atom stereocenters. The number of carbonyl (C=O) groups is 1. The van der Waals surface area contributed by atoms with E-state index in [4.69, 9.17) is 23.2 Å². The fraction of sp³-hybridized carbons (Fsp3) is 0.750. The maximum Gasteiger partial charge on any atom is 0.182 e. The number of ketones is 1. The van der Waals surface area contributed by atoms with E-state index in [1.807, 2.05) is 6.08 Å². The van der Waals surface area contributed by atoms with E-state index in [0.29, 0.717) is 12.3 Å². The fourth-order valence-electron chi connectivity index (χ4n) is 3.18. The summed E-state index contributed by atoms with van der Waals surface area (Å²) in [4.78, 5) is 11.5. The predicted octanol–water partition coefficient (Wildman–Crippen LogP) is 3.89. The Morgan fingerprint density at radius 3 is 2.73 bits per heavy atom. The molecule has 0 bridgehead atoms. The van der Waals surface area contributed by atoms with E-state index < -0.39 is 4.33 Å². The maximum absolute atomic E-state index is 11.5. The minimum atomic E-state index is -1.12. The molecule has 2 rings (SSSR count). The van der Waals surface area contributed by atoms with Gasteiger partial charge >= 0.3 is 0 Å². The predicted molar refractivity (Wildman–Crippen MR) is 63.3 cm³/mol. The molecule has 3 heteroatoms. The normalized spacial score (nSPS) is 38.8. The van der Waals surface area contributed by atoms with Gasteiger partial charge in [0.25, 0.3) is 0 Å². The molecule has 2 fully saturated rings. The minimum Gasteiger partial charge on any atom is -0.296 e. The highest BCUT2D eigenvalue weighted by molar-refractivity contribution is 6.61. The lowest BCUT2D eigenvalue weighted by atomic mass is 9.53. The third-order valence-corrected chi connectivity index (χ3v) is 5.28. The molecule has 1 spiro atoms. The molecule has 2 saturated carbocycles. The van der Waals surface area contributed by atoms with E-state index in [1.165, 1.54) is 6.42 Å². The van der Waals surface area contributed by atoms with Crippen molar-refractivity contribution >= 4 is 29.0 Å². The van der Waals surface area contributed by atoms with Gasteiger partial charge in [-0.05, 0) is 25.2 Å². The van der Waals surface area contributed by atoms with Gasteiger partial charge in [-0.3, -0.25) is 4.79 Å². The smallest absolute Gasteiger partial charge is 0.182 e. The highest BCUT2D eigenvalue weighted by atomic mass is 35.5. The zero-order valence-corrected chi connectivity index (χ0v) is 10.3. The highest BCUT2D eigenvalue weighted by Gasteiger charge is 2.66. The summed E-state index contributed by atoms with van der Waals surface area (Å²) in [5, 5.41) is 0. The van der Waals surface area contributed by atoms with Crippen LogP contribution < -0.4 is 0 Å². The van der Waals surface area contributed by atoms with Gasteiger partial charge in [0, 0.05) is 11.8 Å². The van der Waals surface area contributed by atoms with Gasteiger partial charge in [-0.1, -0.05) is 42.1 Å². The Hall–Kier alpha value is -0.0100. The first-order valence-electron chi connectivity index (χ1n) is 5.56. The summed E-state index contributed by atoms with van der Waals surface area (Å²) >= 11 is 12.4. The Balaban J connectivity index is 2.24. The summed E-state index contributed by atoms with van der Waals surface area (Å²) in [6.45, 7) is 3.77. The van der Waals surface area contributed by atoms with Gasteiger partial charge < -0.3 is 0 Å². The number of alkyl halides is 2. The lowest BCUT2D eigenvalue weighted by molar-refractivity contribution is -0.141. The number of halogens is 2. The van der Waals surface area contributed by atoms with Crippen LogP contribution in [0, 0.1) is 11.3 Å². The van der Waals surface area contributed by atoms with Gasteiger partial charge in [0.2, 0.25) is 0 Å². The second kappa shape index (κ2) is 3.78. The number of hydrogen-bond donors (Lipinski definition) is 0. The van der Waals surface area contributed by atoms with Crippen LogP contribution in [-0.2, 0) is 4.79 Å². The highest BCUT2D eigenvalue weighted by Crippen LogP contribution is 2.64. The van der Waals surface area contributed by atoms with Crippen molar-refractivity contribution in [3.8, 4) is 0 Å². The molecular formula is C12H16Cl2O. The SMILES string of the molecule is C=CCC1CCCCC12CC(=O)C2(Cl)Cl. The van der Waals surface area contributed by atoms with Crippen LogP contribution in [0.2, 0.25) is 0 Å². The molecule has 0 aromatic rings. The molecule has 0 amide bonds. The van der Waals surface area contributed by atoms with Crippen molar-refractivity contribution in [1.29, 1.82) is 0 Å².